The summed E-state index contributed by atoms with van der Waals surface area (Å²) >= 11 is 1.51. The van der Waals surface area contributed by atoms with Crippen LogP contribution >= 0.6 is 11.3 Å². The number of piperidine rings is 1. The molecule has 1 aromatic heterocycles. The molecule has 1 aliphatic heterocycles. The molecule has 0 saturated carbocycles. The van der Waals surface area contributed by atoms with Crippen molar-refractivity contribution in [1.29, 1.82) is 0 Å². The Kier molecular flexibility index (Phi) is 3.53. The van der Waals surface area contributed by atoms with Gasteiger partial charge in [0.25, 0.3) is 0 Å². The molecule has 90 valence electrons. The minimum Gasteiger partial charge on any atom is -0.388 e. The number of aryl methyl sites for hydroxylation is 1. The summed E-state index contributed by atoms with van der Waals surface area (Å²) in [5.74, 6) is 0. The van der Waals surface area contributed by atoms with Crippen molar-refractivity contribution in [3.63, 3.8) is 0 Å². The third kappa shape index (κ3) is 2.24. The number of aromatic nitrogens is 2. The van der Waals surface area contributed by atoms with E-state index in [9.17, 15) is 5.11 Å². The molecule has 0 radical (unpaired) electrons. The van der Waals surface area contributed by atoms with Crippen LogP contribution in [0.5, 0.6) is 0 Å². The summed E-state index contributed by atoms with van der Waals surface area (Å²) in [5.41, 5.74) is 5.28. The van der Waals surface area contributed by atoms with E-state index in [4.69, 9.17) is 5.73 Å². The molecule has 5 nitrogen and oxygen atoms in total. The van der Waals surface area contributed by atoms with E-state index in [-0.39, 0.29) is 0 Å². The smallest absolute Gasteiger partial charge is 0.137 e. The molecular formula is C10H18N4OS. The van der Waals surface area contributed by atoms with Crippen molar-refractivity contribution in [2.24, 2.45) is 5.73 Å². The third-order valence-electron chi connectivity index (χ3n) is 3.10. The molecule has 4 N–H and O–H groups in total. The van der Waals surface area contributed by atoms with Crippen LogP contribution in [0.3, 0.4) is 0 Å². The normalized spacial score (nSPS) is 21.9. The fourth-order valence-electron chi connectivity index (χ4n) is 1.94. The van der Waals surface area contributed by atoms with Gasteiger partial charge >= 0.3 is 0 Å². The second-order valence-corrected chi connectivity index (χ2v) is 5.31. The SMILES string of the molecule is CCc1nnc(C(N)C2(O)CCNCC2)s1. The molecule has 1 atom stereocenters. The number of rotatable bonds is 3. The average molecular weight is 242 g/mol. The van der Waals surface area contributed by atoms with Gasteiger partial charge in [-0.1, -0.05) is 18.3 Å². The quantitative estimate of drug-likeness (QED) is 0.706. The van der Waals surface area contributed by atoms with Crippen molar-refractivity contribution in [3.05, 3.63) is 10.0 Å². The van der Waals surface area contributed by atoms with Gasteiger partial charge in [-0.25, -0.2) is 0 Å². The van der Waals surface area contributed by atoms with E-state index in [1.165, 1.54) is 11.3 Å². The first-order chi connectivity index (χ1) is 7.65. The summed E-state index contributed by atoms with van der Waals surface area (Å²) in [5, 5.41) is 23.5. The molecule has 0 spiro atoms. The van der Waals surface area contributed by atoms with Gasteiger partial charge in [-0.3, -0.25) is 0 Å². The minimum atomic E-state index is -0.824. The lowest BCUT2D eigenvalue weighted by Gasteiger charge is -2.36. The van der Waals surface area contributed by atoms with E-state index in [1.54, 1.807) is 0 Å². The molecule has 6 heteroatoms. The van der Waals surface area contributed by atoms with Crippen LogP contribution in [-0.2, 0) is 6.42 Å². The third-order valence-corrected chi connectivity index (χ3v) is 4.25. The van der Waals surface area contributed by atoms with Crippen LogP contribution in [0.15, 0.2) is 0 Å². The molecule has 0 amide bonds. The van der Waals surface area contributed by atoms with E-state index >= 15 is 0 Å². The Morgan fingerprint density at radius 1 is 1.50 bits per heavy atom. The van der Waals surface area contributed by atoms with Crippen LogP contribution in [0.4, 0.5) is 0 Å². The van der Waals surface area contributed by atoms with E-state index in [2.05, 4.69) is 15.5 Å². The topological polar surface area (TPSA) is 84.1 Å². The average Bonchev–Trinajstić information content (AvgIpc) is 2.77. The fraction of sp³-hybridized carbons (Fsp3) is 0.800. The number of nitrogens with two attached hydrogens (primary N) is 1. The molecule has 1 aromatic rings. The Labute approximate surface area is 99.1 Å². The monoisotopic (exact) mass is 242 g/mol. The number of hydrogen-bond donors (Lipinski definition) is 3. The standard InChI is InChI=1S/C10H18N4OS/c1-2-7-13-14-9(16-7)8(11)10(15)3-5-12-6-4-10/h8,12,15H,2-6,11H2,1H3. The summed E-state index contributed by atoms with van der Waals surface area (Å²) in [6.45, 7) is 3.66. The van der Waals surface area contributed by atoms with Crippen LogP contribution in [-0.4, -0.2) is 34.0 Å². The van der Waals surface area contributed by atoms with Crippen molar-refractivity contribution in [2.75, 3.05) is 13.1 Å². The molecule has 0 aromatic carbocycles. The molecule has 1 fully saturated rings. The maximum absolute atomic E-state index is 10.4. The van der Waals surface area contributed by atoms with Crippen molar-refractivity contribution < 1.29 is 5.11 Å². The highest BCUT2D eigenvalue weighted by atomic mass is 32.1. The van der Waals surface area contributed by atoms with Crippen LogP contribution in [0.25, 0.3) is 0 Å². The summed E-state index contributed by atoms with van der Waals surface area (Å²) in [6.07, 6.45) is 2.22. The van der Waals surface area contributed by atoms with Gasteiger partial charge in [0.15, 0.2) is 0 Å². The van der Waals surface area contributed by atoms with Crippen molar-refractivity contribution in [1.82, 2.24) is 15.5 Å². The highest BCUT2D eigenvalue weighted by molar-refractivity contribution is 7.11. The number of nitrogens with one attached hydrogen (secondary N) is 1. The van der Waals surface area contributed by atoms with Crippen LogP contribution < -0.4 is 11.1 Å². The molecular weight excluding hydrogens is 224 g/mol. The highest BCUT2D eigenvalue weighted by Gasteiger charge is 2.38. The van der Waals surface area contributed by atoms with Gasteiger partial charge in [0.2, 0.25) is 0 Å². The van der Waals surface area contributed by atoms with Gasteiger partial charge in [0, 0.05) is 0 Å². The predicted octanol–water partition coefficient (Wildman–Crippen LogP) is 0.215. The van der Waals surface area contributed by atoms with Crippen LogP contribution in [0.1, 0.15) is 35.8 Å². The van der Waals surface area contributed by atoms with Crippen molar-refractivity contribution in [3.8, 4) is 0 Å². The zero-order valence-electron chi connectivity index (χ0n) is 9.44. The molecule has 2 heterocycles. The molecule has 1 aliphatic rings. The summed E-state index contributed by atoms with van der Waals surface area (Å²) in [6, 6.07) is -0.410. The van der Waals surface area contributed by atoms with Crippen molar-refractivity contribution in [2.45, 2.75) is 37.8 Å². The van der Waals surface area contributed by atoms with Gasteiger partial charge in [-0.05, 0) is 32.4 Å². The maximum Gasteiger partial charge on any atom is 0.137 e. The molecule has 1 unspecified atom stereocenters. The molecule has 1 saturated heterocycles. The second-order valence-electron chi connectivity index (χ2n) is 4.22. The molecule has 16 heavy (non-hydrogen) atoms. The van der Waals surface area contributed by atoms with E-state index < -0.39 is 11.6 Å². The lowest BCUT2D eigenvalue weighted by atomic mass is 9.86. The Balaban J connectivity index is 2.13. The van der Waals surface area contributed by atoms with Crippen LogP contribution in [0.2, 0.25) is 0 Å². The largest absolute Gasteiger partial charge is 0.388 e. The first kappa shape index (κ1) is 11.9. The van der Waals surface area contributed by atoms with Crippen LogP contribution in [0, 0.1) is 0 Å². The second kappa shape index (κ2) is 4.75. The first-order valence-electron chi connectivity index (χ1n) is 5.66. The zero-order chi connectivity index (χ0) is 11.6. The predicted molar refractivity (Wildman–Crippen MR) is 63.3 cm³/mol. The maximum atomic E-state index is 10.4. The van der Waals surface area contributed by atoms with Crippen molar-refractivity contribution >= 4 is 11.3 Å². The first-order valence-corrected chi connectivity index (χ1v) is 6.48. The van der Waals surface area contributed by atoms with Gasteiger partial charge in [-0.2, -0.15) is 0 Å². The van der Waals surface area contributed by atoms with E-state index in [1.807, 2.05) is 6.92 Å². The molecule has 2 rings (SSSR count). The van der Waals surface area contributed by atoms with E-state index in [0.717, 1.165) is 29.5 Å². The molecule has 0 bridgehead atoms. The minimum absolute atomic E-state index is 0.410. The summed E-state index contributed by atoms with van der Waals surface area (Å²) in [4.78, 5) is 0. The van der Waals surface area contributed by atoms with Gasteiger partial charge < -0.3 is 16.2 Å². The Morgan fingerprint density at radius 2 is 2.19 bits per heavy atom. The summed E-state index contributed by atoms with van der Waals surface area (Å²) in [7, 11) is 0. The molecule has 0 aliphatic carbocycles. The van der Waals surface area contributed by atoms with Gasteiger partial charge in [0.05, 0.1) is 11.6 Å². The lowest BCUT2D eigenvalue weighted by Crippen LogP contribution is -2.49. The fourth-order valence-corrected chi connectivity index (χ4v) is 2.83. The lowest BCUT2D eigenvalue weighted by molar-refractivity contribution is -0.0145. The number of hydrogen-bond acceptors (Lipinski definition) is 6. The Hall–Kier alpha value is -0.560. The highest BCUT2D eigenvalue weighted by Crippen LogP contribution is 2.32. The Bertz CT molecular complexity index is 348. The summed E-state index contributed by atoms with van der Waals surface area (Å²) < 4.78 is 0. The van der Waals surface area contributed by atoms with Gasteiger partial charge in [-0.15, -0.1) is 10.2 Å². The number of nitrogens with zero attached hydrogens (tertiary/aromatic N) is 2. The number of aliphatic hydroxyl groups is 1. The van der Waals surface area contributed by atoms with Gasteiger partial charge in [0.1, 0.15) is 10.0 Å². The zero-order valence-corrected chi connectivity index (χ0v) is 10.3. The Morgan fingerprint density at radius 3 is 2.75 bits per heavy atom. The van der Waals surface area contributed by atoms with E-state index in [0.29, 0.717) is 12.8 Å².